The molecule has 0 aliphatic heterocycles. The van der Waals surface area contributed by atoms with E-state index in [1.54, 1.807) is 12.3 Å². The number of benzene rings is 1. The highest BCUT2D eigenvalue weighted by atomic mass is 35.5. The molecule has 1 unspecified atom stereocenters. The molecule has 1 aromatic carbocycles. The molecule has 0 spiro atoms. The van der Waals surface area contributed by atoms with E-state index in [1.807, 2.05) is 0 Å². The molecular weight excluding hydrogens is 274 g/mol. The van der Waals surface area contributed by atoms with Gasteiger partial charge in [0.2, 0.25) is 6.43 Å². The number of halogens is 3. The molecule has 1 aliphatic carbocycles. The highest BCUT2D eigenvalue weighted by Crippen LogP contribution is 2.55. The molecule has 1 aliphatic rings. The number of nitrogens with one attached hydrogen (secondary N) is 1. The lowest BCUT2D eigenvalue weighted by Crippen LogP contribution is -2.42. The fourth-order valence-corrected chi connectivity index (χ4v) is 3.00. The van der Waals surface area contributed by atoms with E-state index in [-0.39, 0.29) is 0 Å². The maximum absolute atomic E-state index is 13.3. The van der Waals surface area contributed by atoms with Crippen molar-refractivity contribution in [1.29, 1.82) is 0 Å². The number of alkyl halides is 2. The topological polar surface area (TPSA) is 48.9 Å². The predicted octanol–water partition coefficient (Wildman–Crippen LogP) is 3.69. The Morgan fingerprint density at radius 1 is 1.37 bits per heavy atom. The minimum atomic E-state index is -2.55. The molecule has 1 heterocycles. The number of H-pyrrole nitrogens is 1. The van der Waals surface area contributed by atoms with Crippen molar-refractivity contribution < 1.29 is 13.9 Å². The summed E-state index contributed by atoms with van der Waals surface area (Å²) >= 11 is 5.98. The molecule has 6 heteroatoms. The van der Waals surface area contributed by atoms with E-state index in [1.165, 1.54) is 6.07 Å². The van der Waals surface area contributed by atoms with E-state index in [2.05, 4.69) is 10.2 Å². The summed E-state index contributed by atoms with van der Waals surface area (Å²) < 4.78 is 26.6. The Kier molecular flexibility index (Phi) is 2.98. The number of aliphatic hydroxyl groups excluding tert-OH is 1. The largest absolute Gasteiger partial charge is 0.388 e. The van der Waals surface area contributed by atoms with Gasteiger partial charge in [-0.3, -0.25) is 5.10 Å². The lowest BCUT2D eigenvalue weighted by Gasteiger charge is -2.44. The number of aliphatic hydroxyl groups is 1. The third-order valence-electron chi connectivity index (χ3n) is 4.10. The number of hydrogen-bond donors (Lipinski definition) is 2. The van der Waals surface area contributed by atoms with Crippen molar-refractivity contribution in [3.8, 4) is 0 Å². The van der Waals surface area contributed by atoms with Crippen LogP contribution in [0.3, 0.4) is 0 Å². The molecule has 1 aromatic heterocycles. The van der Waals surface area contributed by atoms with E-state index in [0.29, 0.717) is 40.8 Å². The Balaban J connectivity index is 2.10. The summed E-state index contributed by atoms with van der Waals surface area (Å²) in [4.78, 5) is 0. The quantitative estimate of drug-likeness (QED) is 0.904. The van der Waals surface area contributed by atoms with Crippen molar-refractivity contribution in [2.45, 2.75) is 31.8 Å². The first kappa shape index (κ1) is 12.8. The fraction of sp³-hybridized carbons (Fsp3) is 0.462. The average molecular weight is 287 g/mol. The first-order valence-electron chi connectivity index (χ1n) is 6.13. The van der Waals surface area contributed by atoms with Crippen molar-refractivity contribution >= 4 is 22.5 Å². The van der Waals surface area contributed by atoms with Gasteiger partial charge in [0.05, 0.1) is 23.2 Å². The fourth-order valence-electron chi connectivity index (χ4n) is 2.77. The van der Waals surface area contributed by atoms with Crippen molar-refractivity contribution in [3.63, 3.8) is 0 Å². The zero-order valence-electron chi connectivity index (χ0n) is 10.0. The van der Waals surface area contributed by atoms with E-state index in [9.17, 15) is 13.9 Å². The van der Waals surface area contributed by atoms with Crippen LogP contribution in [0.2, 0.25) is 5.02 Å². The minimum absolute atomic E-state index is 0.327. The highest BCUT2D eigenvalue weighted by Gasteiger charge is 2.52. The zero-order valence-corrected chi connectivity index (χ0v) is 10.8. The Morgan fingerprint density at radius 3 is 2.68 bits per heavy atom. The summed E-state index contributed by atoms with van der Waals surface area (Å²) in [6.45, 7) is 0. The SMILES string of the molecule is OC(c1cc(Cl)cc2cn[nH]c12)C1(C(F)F)CCC1. The number of rotatable bonds is 3. The second-order valence-corrected chi connectivity index (χ2v) is 5.56. The van der Waals surface area contributed by atoms with Crippen molar-refractivity contribution in [3.05, 3.63) is 28.9 Å². The van der Waals surface area contributed by atoms with Gasteiger partial charge in [0.25, 0.3) is 0 Å². The summed E-state index contributed by atoms with van der Waals surface area (Å²) in [5.41, 5.74) is -0.369. The third-order valence-corrected chi connectivity index (χ3v) is 4.32. The monoisotopic (exact) mass is 286 g/mol. The maximum atomic E-state index is 13.3. The predicted molar refractivity (Wildman–Crippen MR) is 68.4 cm³/mol. The van der Waals surface area contributed by atoms with Crippen LogP contribution in [-0.2, 0) is 0 Å². The smallest absolute Gasteiger partial charge is 0.246 e. The first-order chi connectivity index (χ1) is 9.04. The number of fused-ring (bicyclic) bond motifs is 1. The van der Waals surface area contributed by atoms with Crippen molar-refractivity contribution in [2.24, 2.45) is 5.41 Å². The summed E-state index contributed by atoms with van der Waals surface area (Å²) in [5.74, 6) is 0. The van der Waals surface area contributed by atoms with Gasteiger partial charge < -0.3 is 5.11 Å². The van der Waals surface area contributed by atoms with Crippen LogP contribution in [0, 0.1) is 5.41 Å². The van der Waals surface area contributed by atoms with Crippen LogP contribution in [0.25, 0.3) is 10.9 Å². The molecule has 1 atom stereocenters. The van der Waals surface area contributed by atoms with E-state index in [4.69, 9.17) is 11.6 Å². The van der Waals surface area contributed by atoms with Crippen LogP contribution in [0.4, 0.5) is 8.78 Å². The molecule has 0 radical (unpaired) electrons. The number of nitrogens with zero attached hydrogens (tertiary/aromatic N) is 1. The van der Waals surface area contributed by atoms with Gasteiger partial charge in [0.1, 0.15) is 0 Å². The molecule has 0 amide bonds. The van der Waals surface area contributed by atoms with Crippen molar-refractivity contribution in [1.82, 2.24) is 10.2 Å². The average Bonchev–Trinajstić information content (AvgIpc) is 2.73. The highest BCUT2D eigenvalue weighted by molar-refractivity contribution is 6.31. The summed E-state index contributed by atoms with van der Waals surface area (Å²) in [5, 5.41) is 18.2. The van der Waals surface area contributed by atoms with Gasteiger partial charge in [0, 0.05) is 16.0 Å². The van der Waals surface area contributed by atoms with E-state index >= 15 is 0 Å². The molecule has 0 bridgehead atoms. The summed E-state index contributed by atoms with van der Waals surface area (Å²) in [6.07, 6.45) is -0.848. The van der Waals surface area contributed by atoms with Gasteiger partial charge in [-0.1, -0.05) is 18.0 Å². The van der Waals surface area contributed by atoms with Crippen LogP contribution < -0.4 is 0 Å². The van der Waals surface area contributed by atoms with Crippen LogP contribution in [-0.4, -0.2) is 21.7 Å². The Labute approximate surface area is 113 Å². The Hall–Kier alpha value is -1.20. The third kappa shape index (κ3) is 1.83. The molecule has 3 rings (SSSR count). The second-order valence-electron chi connectivity index (χ2n) is 5.12. The minimum Gasteiger partial charge on any atom is -0.388 e. The van der Waals surface area contributed by atoms with Crippen molar-refractivity contribution in [2.75, 3.05) is 0 Å². The summed E-state index contributed by atoms with van der Waals surface area (Å²) in [6, 6.07) is 3.22. The molecule has 1 saturated carbocycles. The number of hydrogen-bond acceptors (Lipinski definition) is 2. The molecule has 2 N–H and O–H groups in total. The van der Waals surface area contributed by atoms with Crippen LogP contribution in [0.5, 0.6) is 0 Å². The second kappa shape index (κ2) is 4.42. The standard InChI is InChI=1S/C13H13ClF2N2O/c14-8-4-7-6-17-18-10(7)9(5-8)11(19)13(12(15)16)2-1-3-13/h4-6,11-12,19H,1-3H2,(H,17,18). The van der Waals surface area contributed by atoms with Crippen LogP contribution >= 0.6 is 11.6 Å². The van der Waals surface area contributed by atoms with Gasteiger partial charge in [-0.25, -0.2) is 8.78 Å². The molecule has 19 heavy (non-hydrogen) atoms. The Bertz CT molecular complexity index is 610. The van der Waals surface area contributed by atoms with E-state index in [0.717, 1.165) is 0 Å². The van der Waals surface area contributed by atoms with Gasteiger partial charge in [0.15, 0.2) is 0 Å². The van der Waals surface area contributed by atoms with Gasteiger partial charge in [-0.2, -0.15) is 5.10 Å². The molecule has 2 aromatic rings. The van der Waals surface area contributed by atoms with Crippen LogP contribution in [0.1, 0.15) is 30.9 Å². The molecule has 102 valence electrons. The maximum Gasteiger partial charge on any atom is 0.246 e. The Morgan fingerprint density at radius 2 is 2.11 bits per heavy atom. The molecule has 3 nitrogen and oxygen atoms in total. The van der Waals surface area contributed by atoms with Crippen LogP contribution in [0.15, 0.2) is 18.3 Å². The molecule has 1 fully saturated rings. The summed E-state index contributed by atoms with van der Waals surface area (Å²) in [7, 11) is 0. The first-order valence-corrected chi connectivity index (χ1v) is 6.51. The van der Waals surface area contributed by atoms with Gasteiger partial charge in [-0.15, -0.1) is 0 Å². The normalized spacial score (nSPS) is 19.6. The van der Waals surface area contributed by atoms with Gasteiger partial charge >= 0.3 is 0 Å². The zero-order chi connectivity index (χ0) is 13.6. The molecule has 0 saturated heterocycles. The lowest BCUT2D eigenvalue weighted by molar-refractivity contribution is -0.139. The van der Waals surface area contributed by atoms with E-state index < -0.39 is 17.9 Å². The number of aromatic nitrogens is 2. The van der Waals surface area contributed by atoms with Gasteiger partial charge in [-0.05, 0) is 25.0 Å². The lowest BCUT2D eigenvalue weighted by atomic mass is 9.63. The number of aromatic amines is 1. The molecular formula is C13H13ClF2N2O.